The average Bonchev–Trinajstić information content (AvgIpc) is 3.01. The maximum absolute atomic E-state index is 13.5. The van der Waals surface area contributed by atoms with Crippen LogP contribution < -0.4 is 9.62 Å². The molecule has 0 aliphatic rings. The van der Waals surface area contributed by atoms with E-state index in [1.807, 2.05) is 6.92 Å². The first-order chi connectivity index (χ1) is 12.7. The lowest BCUT2D eigenvalue weighted by Gasteiger charge is -2.29. The fourth-order valence-electron chi connectivity index (χ4n) is 2.31. The summed E-state index contributed by atoms with van der Waals surface area (Å²) in [5.74, 6) is -0.429. The van der Waals surface area contributed by atoms with Gasteiger partial charge in [0, 0.05) is 0 Å². The third kappa shape index (κ3) is 5.53. The van der Waals surface area contributed by atoms with Gasteiger partial charge in [-0.3, -0.25) is 14.4 Å². The van der Waals surface area contributed by atoms with E-state index < -0.39 is 27.8 Å². The zero-order chi connectivity index (χ0) is 20.2. The molecule has 1 amide bonds. The van der Waals surface area contributed by atoms with E-state index in [0.29, 0.717) is 4.34 Å². The molecule has 1 unspecified atom stereocenters. The van der Waals surface area contributed by atoms with Crippen LogP contribution in [0.1, 0.15) is 20.3 Å². The van der Waals surface area contributed by atoms with Crippen molar-refractivity contribution in [1.29, 1.82) is 0 Å². The van der Waals surface area contributed by atoms with E-state index in [1.165, 1.54) is 35.2 Å². The van der Waals surface area contributed by atoms with Crippen LogP contribution in [0.25, 0.3) is 0 Å². The van der Waals surface area contributed by atoms with Crippen LogP contribution in [0.4, 0.5) is 15.2 Å². The second kappa shape index (κ2) is 9.18. The summed E-state index contributed by atoms with van der Waals surface area (Å²) in [4.78, 5) is 12.7. The number of carbonyl (C=O) groups excluding carboxylic acids is 1. The molecular formula is C15H18ClFN4O3S3. The van der Waals surface area contributed by atoms with Crippen molar-refractivity contribution in [3.05, 3.63) is 29.0 Å². The zero-order valence-corrected chi connectivity index (χ0v) is 18.0. The van der Waals surface area contributed by atoms with E-state index in [9.17, 15) is 17.6 Å². The van der Waals surface area contributed by atoms with Gasteiger partial charge >= 0.3 is 0 Å². The van der Waals surface area contributed by atoms with Crippen molar-refractivity contribution in [3.8, 4) is 0 Å². The highest BCUT2D eigenvalue weighted by Gasteiger charge is 2.32. The molecule has 0 spiro atoms. The number of thioether (sulfide) groups is 1. The van der Waals surface area contributed by atoms with Crippen molar-refractivity contribution in [3.63, 3.8) is 0 Å². The van der Waals surface area contributed by atoms with Crippen LogP contribution in [0.2, 0.25) is 5.02 Å². The number of anilines is 2. The third-order valence-corrected chi connectivity index (χ3v) is 6.72. The highest BCUT2D eigenvalue weighted by atomic mass is 35.5. The summed E-state index contributed by atoms with van der Waals surface area (Å²) in [6.45, 7) is 3.64. The first-order valence-corrected chi connectivity index (χ1v) is 11.9. The summed E-state index contributed by atoms with van der Waals surface area (Å²) < 4.78 is 39.8. The Bertz CT molecular complexity index is 923. The van der Waals surface area contributed by atoms with Crippen molar-refractivity contribution in [2.75, 3.05) is 21.6 Å². The second-order valence-electron chi connectivity index (χ2n) is 5.38. The molecule has 1 atom stereocenters. The van der Waals surface area contributed by atoms with Crippen LogP contribution >= 0.6 is 34.7 Å². The number of hydrogen-bond donors (Lipinski definition) is 1. The van der Waals surface area contributed by atoms with Crippen molar-refractivity contribution in [2.24, 2.45) is 0 Å². The Labute approximate surface area is 170 Å². The minimum absolute atomic E-state index is 0.102. The van der Waals surface area contributed by atoms with E-state index in [0.717, 1.165) is 22.4 Å². The Hall–Kier alpha value is -1.43. The number of hydrogen-bond acceptors (Lipinski definition) is 7. The summed E-state index contributed by atoms with van der Waals surface area (Å²) in [7, 11) is -3.84. The number of aromatic nitrogens is 2. The first-order valence-electron chi connectivity index (χ1n) is 7.89. The predicted molar refractivity (Wildman–Crippen MR) is 108 cm³/mol. The molecule has 2 aromatic rings. The SMILES string of the molecule is CCSc1nnc(NC(=O)C(CC)N(c2ccc(F)c(Cl)c2)S(C)(=O)=O)s1. The lowest BCUT2D eigenvalue weighted by molar-refractivity contribution is -0.117. The lowest BCUT2D eigenvalue weighted by atomic mass is 10.2. The second-order valence-corrected chi connectivity index (χ2v) is 10.1. The molecule has 7 nitrogen and oxygen atoms in total. The standard InChI is InChI=1S/C15H18ClFN4O3S3/c1-4-12(13(22)18-14-19-20-15(26-14)25-5-2)21(27(3,23)24)9-6-7-11(17)10(16)8-9/h6-8,12H,4-5H2,1-3H3,(H,18,19,22). The summed E-state index contributed by atoms with van der Waals surface area (Å²) >= 11 is 8.47. The average molecular weight is 453 g/mol. The quantitative estimate of drug-likeness (QED) is 0.485. The number of amides is 1. The van der Waals surface area contributed by atoms with Gasteiger partial charge in [-0.05, 0) is 30.4 Å². The molecule has 2 rings (SSSR count). The fraction of sp³-hybridized carbons (Fsp3) is 0.400. The molecule has 0 bridgehead atoms. The maximum atomic E-state index is 13.5. The van der Waals surface area contributed by atoms with Crippen LogP contribution in [-0.4, -0.2) is 42.6 Å². The molecule has 0 radical (unpaired) electrons. The van der Waals surface area contributed by atoms with E-state index in [1.54, 1.807) is 6.92 Å². The Morgan fingerprint density at radius 1 is 1.41 bits per heavy atom. The Kier molecular flexibility index (Phi) is 7.43. The van der Waals surface area contributed by atoms with Gasteiger partial charge in [0.15, 0.2) is 4.34 Å². The summed E-state index contributed by atoms with van der Waals surface area (Å²) in [6, 6.07) is 2.43. The van der Waals surface area contributed by atoms with Crippen LogP contribution in [0, 0.1) is 5.82 Å². The number of sulfonamides is 1. The molecule has 1 N–H and O–H groups in total. The highest BCUT2D eigenvalue weighted by Crippen LogP contribution is 2.29. The molecule has 148 valence electrons. The van der Waals surface area contributed by atoms with Crippen molar-refractivity contribution in [1.82, 2.24) is 10.2 Å². The summed E-state index contributed by atoms with van der Waals surface area (Å²) in [5.41, 5.74) is 0.102. The minimum Gasteiger partial charge on any atom is -0.299 e. The molecular weight excluding hydrogens is 435 g/mol. The molecule has 1 aromatic heterocycles. The summed E-state index contributed by atoms with van der Waals surface area (Å²) in [6.07, 6.45) is 1.16. The molecule has 1 heterocycles. The zero-order valence-electron chi connectivity index (χ0n) is 14.8. The maximum Gasteiger partial charge on any atom is 0.250 e. The van der Waals surface area contributed by atoms with Gasteiger partial charge in [0.05, 0.1) is 17.0 Å². The van der Waals surface area contributed by atoms with Crippen LogP contribution in [0.3, 0.4) is 0 Å². The van der Waals surface area contributed by atoms with E-state index in [2.05, 4.69) is 15.5 Å². The third-order valence-electron chi connectivity index (χ3n) is 3.39. The number of nitrogens with zero attached hydrogens (tertiary/aromatic N) is 3. The van der Waals surface area contributed by atoms with Gasteiger partial charge in [-0.15, -0.1) is 10.2 Å². The normalized spacial score (nSPS) is 12.6. The van der Waals surface area contributed by atoms with Gasteiger partial charge < -0.3 is 0 Å². The van der Waals surface area contributed by atoms with E-state index in [4.69, 9.17) is 11.6 Å². The number of benzene rings is 1. The van der Waals surface area contributed by atoms with Gasteiger partial charge in [-0.1, -0.05) is 48.5 Å². The Morgan fingerprint density at radius 2 is 2.11 bits per heavy atom. The van der Waals surface area contributed by atoms with Crippen LogP contribution in [0.15, 0.2) is 22.5 Å². The Morgan fingerprint density at radius 3 is 2.67 bits per heavy atom. The van der Waals surface area contributed by atoms with Crippen LogP contribution in [-0.2, 0) is 14.8 Å². The number of halogens is 2. The van der Waals surface area contributed by atoms with Gasteiger partial charge in [0.2, 0.25) is 21.1 Å². The predicted octanol–water partition coefficient (Wildman–Crippen LogP) is 3.63. The molecule has 0 fully saturated rings. The largest absolute Gasteiger partial charge is 0.299 e. The van der Waals surface area contributed by atoms with Crippen LogP contribution in [0.5, 0.6) is 0 Å². The highest BCUT2D eigenvalue weighted by molar-refractivity contribution is 8.01. The van der Waals surface area contributed by atoms with Gasteiger partial charge in [-0.25, -0.2) is 12.8 Å². The monoisotopic (exact) mass is 452 g/mol. The molecule has 1 aromatic carbocycles. The molecule has 0 saturated heterocycles. The smallest absolute Gasteiger partial charge is 0.250 e. The van der Waals surface area contributed by atoms with Crippen molar-refractivity contribution in [2.45, 2.75) is 30.6 Å². The Balaban J connectivity index is 2.33. The lowest BCUT2D eigenvalue weighted by Crippen LogP contribution is -2.47. The summed E-state index contributed by atoms with van der Waals surface area (Å²) in [5, 5.41) is 10.5. The number of nitrogens with one attached hydrogen (secondary N) is 1. The topological polar surface area (TPSA) is 92.3 Å². The number of rotatable bonds is 8. The van der Waals surface area contributed by atoms with Gasteiger partial charge in [-0.2, -0.15) is 0 Å². The van der Waals surface area contributed by atoms with E-state index in [-0.39, 0.29) is 22.3 Å². The molecule has 0 aliphatic heterocycles. The van der Waals surface area contributed by atoms with E-state index >= 15 is 0 Å². The first kappa shape index (κ1) is 21.9. The van der Waals surface area contributed by atoms with Crippen molar-refractivity contribution >= 4 is 61.4 Å². The molecule has 12 heteroatoms. The minimum atomic E-state index is -3.84. The van der Waals surface area contributed by atoms with Gasteiger partial charge in [0.25, 0.3) is 0 Å². The van der Waals surface area contributed by atoms with Crippen molar-refractivity contribution < 1.29 is 17.6 Å². The van der Waals surface area contributed by atoms with Gasteiger partial charge in [0.1, 0.15) is 11.9 Å². The number of carbonyl (C=O) groups is 1. The fourth-order valence-corrected chi connectivity index (χ4v) is 5.34. The molecule has 0 saturated carbocycles. The molecule has 27 heavy (non-hydrogen) atoms. The molecule has 0 aliphatic carbocycles.